The quantitative estimate of drug-likeness (QED) is 0.624. The van der Waals surface area contributed by atoms with Crippen LogP contribution in [-0.2, 0) is 5.54 Å². The van der Waals surface area contributed by atoms with Gasteiger partial charge in [0.25, 0.3) is 0 Å². The molecule has 0 heterocycles. The Morgan fingerprint density at radius 2 is 2.17 bits per heavy atom. The molecule has 2 N–H and O–H groups in total. The molecule has 1 aliphatic carbocycles. The molecule has 0 aliphatic heterocycles. The third-order valence-electron chi connectivity index (χ3n) is 2.34. The van der Waals surface area contributed by atoms with Crippen molar-refractivity contribution in [2.24, 2.45) is 5.73 Å². The molecule has 0 atom stereocenters. The third-order valence-corrected chi connectivity index (χ3v) is 2.34. The van der Waals surface area contributed by atoms with E-state index >= 15 is 0 Å². The topological polar surface area (TPSA) is 30.4 Å². The van der Waals surface area contributed by atoms with Crippen LogP contribution in [0.2, 0.25) is 0 Å². The molecule has 1 fully saturated rings. The summed E-state index contributed by atoms with van der Waals surface area (Å²) >= 11 is 0. The van der Waals surface area contributed by atoms with Gasteiger partial charge in [0.1, 0.15) is 0 Å². The fourth-order valence-electron chi connectivity index (χ4n) is 1.31. The van der Waals surface area contributed by atoms with Gasteiger partial charge in [-0.25, -0.2) is 4.85 Å². The lowest BCUT2D eigenvalue weighted by Gasteiger charge is -2.08. The lowest BCUT2D eigenvalue weighted by atomic mass is 10.1. The molecule has 0 unspecified atom stereocenters. The summed E-state index contributed by atoms with van der Waals surface area (Å²) < 4.78 is 0. The van der Waals surface area contributed by atoms with Gasteiger partial charge in [-0.2, -0.15) is 0 Å². The van der Waals surface area contributed by atoms with Crippen LogP contribution in [0.4, 0.5) is 5.69 Å². The van der Waals surface area contributed by atoms with E-state index in [-0.39, 0.29) is 5.54 Å². The van der Waals surface area contributed by atoms with Crippen molar-refractivity contribution >= 4 is 5.69 Å². The maximum absolute atomic E-state index is 6.85. The van der Waals surface area contributed by atoms with E-state index in [9.17, 15) is 0 Å². The van der Waals surface area contributed by atoms with Gasteiger partial charge >= 0.3 is 0 Å². The summed E-state index contributed by atoms with van der Waals surface area (Å²) in [6.07, 6.45) is 2.10. The monoisotopic (exact) mass is 158 g/mol. The average Bonchev–Trinajstić information content (AvgIpc) is 2.85. The highest BCUT2D eigenvalue weighted by molar-refractivity contribution is 5.49. The molecule has 12 heavy (non-hydrogen) atoms. The number of nitrogens with zero attached hydrogens (tertiary/aromatic N) is 1. The highest BCUT2D eigenvalue weighted by atomic mass is 14.8. The van der Waals surface area contributed by atoms with Crippen LogP contribution < -0.4 is 5.73 Å². The first-order valence-corrected chi connectivity index (χ1v) is 4.01. The SMILES string of the molecule is [C-]#[N+]c1cccc(C2(N)CC2)c1. The molecule has 1 saturated carbocycles. The number of hydrogen-bond donors (Lipinski definition) is 1. The van der Waals surface area contributed by atoms with Gasteiger partial charge in [0.2, 0.25) is 0 Å². The zero-order chi connectivity index (χ0) is 8.60. The van der Waals surface area contributed by atoms with Gasteiger partial charge in [-0.05, 0) is 18.4 Å². The smallest absolute Gasteiger partial charge is 0.187 e. The Labute approximate surface area is 71.8 Å². The Bertz CT molecular complexity index is 345. The van der Waals surface area contributed by atoms with Gasteiger partial charge in [-0.3, -0.25) is 0 Å². The van der Waals surface area contributed by atoms with Crippen molar-refractivity contribution in [1.82, 2.24) is 0 Å². The van der Waals surface area contributed by atoms with Crippen LogP contribution in [0.25, 0.3) is 4.85 Å². The van der Waals surface area contributed by atoms with Crippen molar-refractivity contribution in [1.29, 1.82) is 0 Å². The van der Waals surface area contributed by atoms with Gasteiger partial charge in [-0.15, -0.1) is 0 Å². The largest absolute Gasteiger partial charge is 0.321 e. The second-order valence-corrected chi connectivity index (χ2v) is 3.32. The summed E-state index contributed by atoms with van der Waals surface area (Å²) in [7, 11) is 0. The maximum Gasteiger partial charge on any atom is 0.187 e. The molecule has 1 aliphatic rings. The van der Waals surface area contributed by atoms with E-state index in [1.54, 1.807) is 0 Å². The molecule has 0 bridgehead atoms. The maximum atomic E-state index is 6.85. The Hall–Kier alpha value is -1.33. The fraction of sp³-hybridized carbons (Fsp3) is 0.300. The van der Waals surface area contributed by atoms with Crippen LogP contribution in [-0.4, -0.2) is 0 Å². The van der Waals surface area contributed by atoms with Crippen molar-refractivity contribution in [2.75, 3.05) is 0 Å². The van der Waals surface area contributed by atoms with E-state index in [0.29, 0.717) is 5.69 Å². The molecule has 0 spiro atoms. The van der Waals surface area contributed by atoms with Gasteiger partial charge in [0.15, 0.2) is 5.69 Å². The summed E-state index contributed by atoms with van der Waals surface area (Å²) in [5, 5.41) is 0. The van der Waals surface area contributed by atoms with Gasteiger partial charge in [0, 0.05) is 5.54 Å². The summed E-state index contributed by atoms with van der Waals surface area (Å²) in [5.41, 5.74) is 7.67. The van der Waals surface area contributed by atoms with Crippen LogP contribution in [0.5, 0.6) is 0 Å². The molecule has 60 valence electrons. The van der Waals surface area contributed by atoms with E-state index in [4.69, 9.17) is 12.3 Å². The van der Waals surface area contributed by atoms with Gasteiger partial charge in [0.05, 0.1) is 6.57 Å². The zero-order valence-electron chi connectivity index (χ0n) is 6.75. The molecule has 2 nitrogen and oxygen atoms in total. The first kappa shape index (κ1) is 7.33. The molecule has 1 aromatic carbocycles. The summed E-state index contributed by atoms with van der Waals surface area (Å²) in [5.74, 6) is 0. The van der Waals surface area contributed by atoms with Crippen molar-refractivity contribution in [3.63, 3.8) is 0 Å². The first-order chi connectivity index (χ1) is 5.74. The molecule has 0 aromatic heterocycles. The minimum Gasteiger partial charge on any atom is -0.321 e. The predicted octanol–water partition coefficient (Wildman–Crippen LogP) is 2.19. The van der Waals surface area contributed by atoms with E-state index in [1.165, 1.54) is 0 Å². The average molecular weight is 158 g/mol. The molecular weight excluding hydrogens is 148 g/mol. The van der Waals surface area contributed by atoms with Crippen molar-refractivity contribution in [3.05, 3.63) is 41.2 Å². The second-order valence-electron chi connectivity index (χ2n) is 3.32. The van der Waals surface area contributed by atoms with Crippen LogP contribution in [0.15, 0.2) is 24.3 Å². The summed E-state index contributed by atoms with van der Waals surface area (Å²) in [6.45, 7) is 6.85. The Morgan fingerprint density at radius 3 is 2.75 bits per heavy atom. The van der Waals surface area contributed by atoms with E-state index in [2.05, 4.69) is 4.85 Å². The lowest BCUT2D eigenvalue weighted by molar-refractivity contribution is 0.741. The Balaban J connectivity index is 2.40. The van der Waals surface area contributed by atoms with Crippen LogP contribution in [0.3, 0.4) is 0 Å². The minimum atomic E-state index is -0.110. The van der Waals surface area contributed by atoms with E-state index in [0.717, 1.165) is 18.4 Å². The first-order valence-electron chi connectivity index (χ1n) is 4.01. The predicted molar refractivity (Wildman–Crippen MR) is 47.8 cm³/mol. The summed E-state index contributed by atoms with van der Waals surface area (Å²) in [6, 6.07) is 7.60. The highest BCUT2D eigenvalue weighted by Crippen LogP contribution is 2.43. The normalized spacial score (nSPS) is 18.3. The van der Waals surface area contributed by atoms with Gasteiger partial charge in [-0.1, -0.05) is 24.3 Å². The van der Waals surface area contributed by atoms with Crippen LogP contribution in [0, 0.1) is 6.57 Å². The number of rotatable bonds is 1. The van der Waals surface area contributed by atoms with E-state index in [1.807, 2.05) is 24.3 Å². The molecule has 0 amide bonds. The van der Waals surface area contributed by atoms with Gasteiger partial charge < -0.3 is 5.73 Å². The molecule has 1 aromatic rings. The highest BCUT2D eigenvalue weighted by Gasteiger charge is 2.39. The number of nitrogens with two attached hydrogens (primary N) is 1. The molecule has 0 saturated heterocycles. The van der Waals surface area contributed by atoms with Crippen molar-refractivity contribution < 1.29 is 0 Å². The number of hydrogen-bond acceptors (Lipinski definition) is 1. The Kier molecular flexibility index (Phi) is 1.42. The molecular formula is C10H10N2. The van der Waals surface area contributed by atoms with Crippen molar-refractivity contribution in [2.45, 2.75) is 18.4 Å². The molecule has 2 heteroatoms. The molecule has 2 rings (SSSR count). The lowest BCUT2D eigenvalue weighted by Crippen LogP contribution is -2.18. The van der Waals surface area contributed by atoms with Crippen LogP contribution >= 0.6 is 0 Å². The Morgan fingerprint density at radius 1 is 1.42 bits per heavy atom. The van der Waals surface area contributed by atoms with Crippen molar-refractivity contribution in [3.8, 4) is 0 Å². The minimum absolute atomic E-state index is 0.110. The fourth-order valence-corrected chi connectivity index (χ4v) is 1.31. The zero-order valence-corrected chi connectivity index (χ0v) is 6.75. The molecule has 0 radical (unpaired) electrons. The summed E-state index contributed by atoms with van der Waals surface area (Å²) in [4.78, 5) is 3.37. The van der Waals surface area contributed by atoms with E-state index < -0.39 is 0 Å². The third kappa shape index (κ3) is 1.09. The standard InChI is InChI=1S/C10H10N2/c1-12-9-4-2-3-8(7-9)10(11)5-6-10/h2-4,7H,5-6,11H2. The second kappa shape index (κ2) is 2.33. The number of benzene rings is 1. The van der Waals surface area contributed by atoms with Crippen LogP contribution in [0.1, 0.15) is 18.4 Å².